The van der Waals surface area contributed by atoms with E-state index in [2.05, 4.69) is 21.2 Å². The summed E-state index contributed by atoms with van der Waals surface area (Å²) in [6.45, 7) is 6.76. The monoisotopic (exact) mass is 626 g/mol. The lowest BCUT2D eigenvalue weighted by Crippen LogP contribution is -2.43. The van der Waals surface area contributed by atoms with Gasteiger partial charge < -0.3 is 24.3 Å². The summed E-state index contributed by atoms with van der Waals surface area (Å²) in [5.74, 6) is 1.32. The van der Waals surface area contributed by atoms with Crippen LogP contribution in [0, 0.1) is 20.8 Å². The Bertz CT molecular complexity index is 1910. The SMILES string of the molecule is Cc1ccc(-c2noc(Cc3cc4c(OCCC5CCCCN5C(=O)O)c(-c5cc(C)cc(C)c5)c(=O)[nH]c4cc3Cl)n2)cc1. The van der Waals surface area contributed by atoms with Gasteiger partial charge in [-0.25, -0.2) is 4.79 Å². The highest BCUT2D eigenvalue weighted by atomic mass is 35.5. The van der Waals surface area contributed by atoms with Gasteiger partial charge in [0.2, 0.25) is 11.7 Å². The molecular formula is C35H35ClN4O5. The van der Waals surface area contributed by atoms with Gasteiger partial charge in [-0.2, -0.15) is 4.98 Å². The predicted molar refractivity (Wildman–Crippen MR) is 174 cm³/mol. The number of aromatic nitrogens is 3. The smallest absolute Gasteiger partial charge is 0.407 e. The van der Waals surface area contributed by atoms with Gasteiger partial charge in [-0.1, -0.05) is 75.9 Å². The van der Waals surface area contributed by atoms with E-state index in [0.29, 0.717) is 51.9 Å². The van der Waals surface area contributed by atoms with Gasteiger partial charge in [-0.15, -0.1) is 0 Å². The number of halogens is 1. The second-order valence-electron chi connectivity index (χ2n) is 11.8. The van der Waals surface area contributed by atoms with Crippen LogP contribution < -0.4 is 10.3 Å². The standard InChI is InChI=1S/C35H35ClN4O5/c1-20-7-9-23(10-8-20)33-38-30(45-39-33)18-24-17-27-29(19-28(24)36)37-34(41)31(25-15-21(2)14-22(3)16-25)32(27)44-13-11-26-6-4-5-12-40(26)35(42)43/h7-10,14-17,19,26H,4-6,11-13,18H2,1-3H3,(H,37,41)(H,42,43). The summed E-state index contributed by atoms with van der Waals surface area (Å²) in [4.78, 5) is 34.6. The van der Waals surface area contributed by atoms with Crippen molar-refractivity contribution >= 4 is 28.6 Å². The number of carbonyl (C=O) groups is 1. The van der Waals surface area contributed by atoms with E-state index in [1.807, 2.05) is 63.2 Å². The number of aryl methyl sites for hydroxylation is 3. The summed E-state index contributed by atoms with van der Waals surface area (Å²) in [7, 11) is 0. The van der Waals surface area contributed by atoms with Crippen molar-refractivity contribution in [3.63, 3.8) is 0 Å². The molecule has 1 unspecified atom stereocenters. The summed E-state index contributed by atoms with van der Waals surface area (Å²) >= 11 is 6.74. The highest BCUT2D eigenvalue weighted by Crippen LogP contribution is 2.37. The van der Waals surface area contributed by atoms with Gasteiger partial charge in [0.15, 0.2) is 0 Å². The molecule has 5 aromatic rings. The molecule has 6 rings (SSSR count). The summed E-state index contributed by atoms with van der Waals surface area (Å²) in [5, 5.41) is 15.0. The van der Waals surface area contributed by atoms with Crippen molar-refractivity contribution in [3.05, 3.63) is 98.1 Å². The number of rotatable bonds is 8. The maximum Gasteiger partial charge on any atom is 0.407 e. The molecule has 3 aromatic carbocycles. The lowest BCUT2D eigenvalue weighted by Gasteiger charge is -2.33. The number of pyridine rings is 1. The van der Waals surface area contributed by atoms with Crippen molar-refractivity contribution in [2.24, 2.45) is 0 Å². The third-order valence-electron chi connectivity index (χ3n) is 8.33. The number of amides is 1. The Kier molecular flexibility index (Phi) is 8.63. The fourth-order valence-corrected chi connectivity index (χ4v) is 6.39. The van der Waals surface area contributed by atoms with Crippen molar-refractivity contribution in [1.29, 1.82) is 0 Å². The molecule has 2 aromatic heterocycles. The number of benzene rings is 3. The molecule has 0 aliphatic carbocycles. The quantitative estimate of drug-likeness (QED) is 0.181. The van der Waals surface area contributed by atoms with E-state index in [9.17, 15) is 14.7 Å². The lowest BCUT2D eigenvalue weighted by molar-refractivity contribution is 0.0969. The van der Waals surface area contributed by atoms with Gasteiger partial charge >= 0.3 is 6.09 Å². The van der Waals surface area contributed by atoms with Crippen LogP contribution >= 0.6 is 11.6 Å². The first-order chi connectivity index (χ1) is 21.7. The average Bonchev–Trinajstić information content (AvgIpc) is 3.46. The van der Waals surface area contributed by atoms with E-state index in [1.54, 1.807) is 6.07 Å². The third kappa shape index (κ3) is 6.59. The number of piperidine rings is 1. The highest BCUT2D eigenvalue weighted by Gasteiger charge is 2.27. The molecule has 0 saturated carbocycles. The van der Waals surface area contributed by atoms with Crippen LogP contribution in [0.5, 0.6) is 5.75 Å². The first-order valence-corrected chi connectivity index (χ1v) is 15.5. The lowest BCUT2D eigenvalue weighted by atomic mass is 9.98. The predicted octanol–water partition coefficient (Wildman–Crippen LogP) is 7.72. The van der Waals surface area contributed by atoms with E-state index in [0.717, 1.165) is 52.6 Å². The molecule has 45 heavy (non-hydrogen) atoms. The average molecular weight is 627 g/mol. The van der Waals surface area contributed by atoms with Crippen molar-refractivity contribution in [3.8, 4) is 28.3 Å². The van der Waals surface area contributed by atoms with Gasteiger partial charge in [-0.05, 0) is 63.3 Å². The molecule has 9 nitrogen and oxygen atoms in total. The van der Waals surface area contributed by atoms with Gasteiger partial charge in [-0.3, -0.25) is 4.79 Å². The van der Waals surface area contributed by atoms with Crippen LogP contribution in [-0.4, -0.2) is 50.4 Å². The molecule has 10 heteroatoms. The summed E-state index contributed by atoms with van der Waals surface area (Å²) in [6, 6.07) is 17.3. The Morgan fingerprint density at radius 3 is 2.53 bits per heavy atom. The van der Waals surface area contributed by atoms with Gasteiger partial charge in [0, 0.05) is 35.0 Å². The molecule has 1 aliphatic heterocycles. The van der Waals surface area contributed by atoms with Crippen LogP contribution in [0.15, 0.2) is 63.9 Å². The third-order valence-corrected chi connectivity index (χ3v) is 8.69. The van der Waals surface area contributed by atoms with Crippen LogP contribution in [0.3, 0.4) is 0 Å². The van der Waals surface area contributed by atoms with Crippen LogP contribution in [0.1, 0.15) is 53.8 Å². The Labute approximate surface area is 265 Å². The van der Waals surface area contributed by atoms with Gasteiger partial charge in [0.05, 0.1) is 24.1 Å². The minimum atomic E-state index is -0.914. The fraction of sp³-hybridized carbons (Fsp3) is 0.314. The maximum absolute atomic E-state index is 13.6. The zero-order chi connectivity index (χ0) is 31.7. The number of likely N-dealkylation sites (tertiary alicyclic amines) is 1. The number of H-pyrrole nitrogens is 1. The summed E-state index contributed by atoms with van der Waals surface area (Å²) in [5.41, 5.74) is 6.16. The number of aromatic amines is 1. The van der Waals surface area contributed by atoms with Crippen LogP contribution in [0.2, 0.25) is 5.02 Å². The van der Waals surface area contributed by atoms with E-state index >= 15 is 0 Å². The second kappa shape index (κ2) is 12.8. The van der Waals surface area contributed by atoms with Crippen molar-refractivity contribution in [2.75, 3.05) is 13.2 Å². The zero-order valence-electron chi connectivity index (χ0n) is 25.5. The van der Waals surface area contributed by atoms with Gasteiger partial charge in [0.25, 0.3) is 5.56 Å². The Balaban J connectivity index is 1.39. The minimum absolute atomic E-state index is 0.139. The molecule has 0 radical (unpaired) electrons. The number of nitrogens with zero attached hydrogens (tertiary/aromatic N) is 3. The molecule has 1 fully saturated rings. The number of nitrogens with one attached hydrogen (secondary N) is 1. The first kappa shape index (κ1) is 30.4. The zero-order valence-corrected chi connectivity index (χ0v) is 26.3. The summed E-state index contributed by atoms with van der Waals surface area (Å²) in [6.07, 6.45) is 2.49. The highest BCUT2D eigenvalue weighted by molar-refractivity contribution is 6.32. The molecule has 2 N–H and O–H groups in total. The van der Waals surface area contributed by atoms with Crippen molar-refractivity contribution < 1.29 is 19.2 Å². The van der Waals surface area contributed by atoms with Crippen LogP contribution in [-0.2, 0) is 6.42 Å². The molecule has 3 heterocycles. The number of hydrogen-bond donors (Lipinski definition) is 2. The molecule has 1 atom stereocenters. The Morgan fingerprint density at radius 2 is 1.80 bits per heavy atom. The minimum Gasteiger partial charge on any atom is -0.492 e. The van der Waals surface area contributed by atoms with E-state index in [4.69, 9.17) is 20.9 Å². The normalized spacial score (nSPS) is 15.0. The second-order valence-corrected chi connectivity index (χ2v) is 12.2. The Hall–Kier alpha value is -4.63. The summed E-state index contributed by atoms with van der Waals surface area (Å²) < 4.78 is 12.1. The number of fused-ring (bicyclic) bond motifs is 1. The van der Waals surface area contributed by atoms with Crippen LogP contribution in [0.25, 0.3) is 33.4 Å². The van der Waals surface area contributed by atoms with Gasteiger partial charge in [0.1, 0.15) is 5.75 Å². The number of hydrogen-bond acceptors (Lipinski definition) is 6. The van der Waals surface area contributed by atoms with E-state index in [-0.39, 0.29) is 24.6 Å². The number of carboxylic acid groups (broad SMARTS) is 1. The largest absolute Gasteiger partial charge is 0.492 e. The molecule has 0 bridgehead atoms. The Morgan fingerprint density at radius 1 is 1.04 bits per heavy atom. The van der Waals surface area contributed by atoms with E-state index in [1.165, 1.54) is 4.90 Å². The maximum atomic E-state index is 13.6. The molecular weight excluding hydrogens is 592 g/mol. The first-order valence-electron chi connectivity index (χ1n) is 15.2. The molecule has 1 amide bonds. The van der Waals surface area contributed by atoms with Crippen molar-refractivity contribution in [2.45, 2.75) is 58.9 Å². The molecule has 1 saturated heterocycles. The van der Waals surface area contributed by atoms with E-state index < -0.39 is 6.09 Å². The molecule has 0 spiro atoms. The molecule has 232 valence electrons. The fourth-order valence-electron chi connectivity index (χ4n) is 6.16. The van der Waals surface area contributed by atoms with Crippen LogP contribution in [0.4, 0.5) is 4.79 Å². The van der Waals surface area contributed by atoms with Crippen molar-refractivity contribution in [1.82, 2.24) is 20.0 Å². The molecule has 1 aliphatic rings. The topological polar surface area (TPSA) is 122 Å². The number of ether oxygens (including phenoxy) is 1.